The number of rotatable bonds is 8. The molecule has 2 amide bonds. The molecule has 1 rings (SSSR count). The predicted molar refractivity (Wildman–Crippen MR) is 105 cm³/mol. The summed E-state index contributed by atoms with van der Waals surface area (Å²) < 4.78 is 0. The quantitative estimate of drug-likeness (QED) is 0.364. The molecule has 0 spiro atoms. The Hall–Kier alpha value is -1.75. The average Bonchev–Trinajstić information content (AvgIpc) is 2.50. The zero-order valence-corrected chi connectivity index (χ0v) is 15.8. The van der Waals surface area contributed by atoms with Crippen LogP contribution >= 0.6 is 12.4 Å². The van der Waals surface area contributed by atoms with Crippen LogP contribution in [0.4, 0.5) is 10.5 Å². The van der Waals surface area contributed by atoms with Crippen LogP contribution < -0.4 is 16.4 Å². The third-order valence-corrected chi connectivity index (χ3v) is 3.76. The number of unbranched alkanes of at least 4 members (excludes halogenated alkanes) is 5. The Balaban J connectivity index is 0.00000529. The lowest BCUT2D eigenvalue weighted by Crippen LogP contribution is -2.40. The van der Waals surface area contributed by atoms with E-state index in [1.54, 1.807) is 0 Å². The number of para-hydroxylation sites is 1. The van der Waals surface area contributed by atoms with Crippen molar-refractivity contribution in [3.8, 4) is 0 Å². The van der Waals surface area contributed by atoms with Gasteiger partial charge in [-0.1, -0.05) is 57.2 Å². The normalized spacial score (nSPS) is 10.9. The van der Waals surface area contributed by atoms with Crippen LogP contribution in [-0.4, -0.2) is 18.5 Å². The number of anilines is 1. The molecule has 0 heterocycles. The predicted octanol–water partition coefficient (Wildman–Crippen LogP) is 4.52. The van der Waals surface area contributed by atoms with Crippen molar-refractivity contribution in [2.24, 2.45) is 10.7 Å². The van der Waals surface area contributed by atoms with Gasteiger partial charge >= 0.3 is 6.03 Å². The molecule has 1 aromatic carbocycles. The molecule has 4 N–H and O–H groups in total. The van der Waals surface area contributed by atoms with E-state index in [0.717, 1.165) is 29.7 Å². The molecule has 136 valence electrons. The van der Waals surface area contributed by atoms with Crippen molar-refractivity contribution in [3.63, 3.8) is 0 Å². The van der Waals surface area contributed by atoms with E-state index < -0.39 is 0 Å². The Kier molecular flexibility index (Phi) is 11.7. The fourth-order valence-electron chi connectivity index (χ4n) is 2.40. The maximum atomic E-state index is 12.0. The number of carbonyl (C=O) groups is 1. The van der Waals surface area contributed by atoms with Crippen LogP contribution in [0.25, 0.3) is 0 Å². The van der Waals surface area contributed by atoms with Crippen molar-refractivity contribution in [1.82, 2.24) is 5.32 Å². The standard InChI is InChI=1S/C18H30N4O.ClH/c1-4-5-6-7-8-9-13-20-17(19)22-18(23)21-16-14(2)11-10-12-15(16)3;/h10-12H,4-9,13H2,1-3H3,(H4,19,20,21,22,23);1H. The first kappa shape index (κ1) is 22.2. The van der Waals surface area contributed by atoms with Crippen LogP contribution in [0.2, 0.25) is 0 Å². The van der Waals surface area contributed by atoms with E-state index >= 15 is 0 Å². The van der Waals surface area contributed by atoms with Crippen molar-refractivity contribution in [2.45, 2.75) is 59.3 Å². The smallest absolute Gasteiger partial charge is 0.326 e. The first-order chi connectivity index (χ1) is 11.0. The first-order valence-corrected chi connectivity index (χ1v) is 8.48. The molecule has 5 nitrogen and oxygen atoms in total. The van der Waals surface area contributed by atoms with Gasteiger partial charge in [-0.3, -0.25) is 10.3 Å². The molecular weight excluding hydrogens is 324 g/mol. The van der Waals surface area contributed by atoms with E-state index in [4.69, 9.17) is 5.73 Å². The highest BCUT2D eigenvalue weighted by Crippen LogP contribution is 2.18. The van der Waals surface area contributed by atoms with Gasteiger partial charge < -0.3 is 11.1 Å². The SMILES string of the molecule is CCCCCCCCN=C(N)NC(=O)Nc1c(C)cccc1C.Cl. The van der Waals surface area contributed by atoms with E-state index in [0.29, 0.717) is 6.54 Å². The Morgan fingerprint density at radius 2 is 1.67 bits per heavy atom. The van der Waals surface area contributed by atoms with E-state index in [2.05, 4.69) is 22.5 Å². The number of nitrogens with zero attached hydrogens (tertiary/aromatic N) is 1. The number of hydrogen-bond donors (Lipinski definition) is 3. The minimum atomic E-state index is -0.355. The number of benzene rings is 1. The van der Waals surface area contributed by atoms with E-state index in [1.807, 2.05) is 32.0 Å². The van der Waals surface area contributed by atoms with Gasteiger partial charge in [0.2, 0.25) is 0 Å². The minimum Gasteiger partial charge on any atom is -0.370 e. The van der Waals surface area contributed by atoms with Gasteiger partial charge in [-0.2, -0.15) is 0 Å². The highest BCUT2D eigenvalue weighted by atomic mass is 35.5. The van der Waals surface area contributed by atoms with Gasteiger partial charge in [0.1, 0.15) is 0 Å². The zero-order chi connectivity index (χ0) is 17.1. The van der Waals surface area contributed by atoms with Gasteiger partial charge in [-0.05, 0) is 31.4 Å². The first-order valence-electron chi connectivity index (χ1n) is 8.48. The molecule has 0 aliphatic heterocycles. The molecule has 0 saturated carbocycles. The second kappa shape index (κ2) is 12.6. The minimum absolute atomic E-state index is 0. The number of carbonyl (C=O) groups excluding carboxylic acids is 1. The monoisotopic (exact) mass is 354 g/mol. The Morgan fingerprint density at radius 1 is 1.08 bits per heavy atom. The molecule has 0 aliphatic carbocycles. The average molecular weight is 355 g/mol. The number of halogens is 1. The number of urea groups is 1. The van der Waals surface area contributed by atoms with E-state index in [1.165, 1.54) is 25.7 Å². The summed E-state index contributed by atoms with van der Waals surface area (Å²) in [5.41, 5.74) is 8.59. The van der Waals surface area contributed by atoms with Crippen LogP contribution in [-0.2, 0) is 0 Å². The molecule has 0 saturated heterocycles. The van der Waals surface area contributed by atoms with Crippen LogP contribution in [0.15, 0.2) is 23.2 Å². The van der Waals surface area contributed by atoms with Crippen LogP contribution in [0.1, 0.15) is 56.6 Å². The van der Waals surface area contributed by atoms with Gasteiger partial charge in [0.25, 0.3) is 0 Å². The fraction of sp³-hybridized carbons (Fsp3) is 0.556. The van der Waals surface area contributed by atoms with Crippen LogP contribution in [0.5, 0.6) is 0 Å². The second-order valence-corrected chi connectivity index (χ2v) is 5.88. The summed E-state index contributed by atoms with van der Waals surface area (Å²) in [6, 6.07) is 5.52. The number of aryl methyl sites for hydroxylation is 2. The van der Waals surface area contributed by atoms with Gasteiger partial charge in [0, 0.05) is 12.2 Å². The fourth-order valence-corrected chi connectivity index (χ4v) is 2.40. The van der Waals surface area contributed by atoms with Crippen molar-refractivity contribution in [3.05, 3.63) is 29.3 Å². The van der Waals surface area contributed by atoms with Crippen molar-refractivity contribution < 1.29 is 4.79 Å². The van der Waals surface area contributed by atoms with Gasteiger partial charge in [0.05, 0.1) is 0 Å². The molecule has 1 aromatic rings. The second-order valence-electron chi connectivity index (χ2n) is 5.88. The Labute approximate surface area is 151 Å². The van der Waals surface area contributed by atoms with Crippen molar-refractivity contribution in [1.29, 1.82) is 0 Å². The highest BCUT2D eigenvalue weighted by molar-refractivity contribution is 6.02. The van der Waals surface area contributed by atoms with Crippen LogP contribution in [0, 0.1) is 13.8 Å². The molecule has 0 unspecified atom stereocenters. The lowest BCUT2D eigenvalue weighted by Gasteiger charge is -2.12. The molecule has 0 fully saturated rings. The van der Waals surface area contributed by atoms with Crippen LogP contribution in [0.3, 0.4) is 0 Å². The molecule has 0 atom stereocenters. The lowest BCUT2D eigenvalue weighted by atomic mass is 10.1. The summed E-state index contributed by atoms with van der Waals surface area (Å²) in [5, 5.41) is 5.40. The van der Waals surface area contributed by atoms with Crippen molar-refractivity contribution in [2.75, 3.05) is 11.9 Å². The topological polar surface area (TPSA) is 79.5 Å². The molecule has 0 aliphatic rings. The lowest BCUT2D eigenvalue weighted by molar-refractivity contribution is 0.256. The number of amides is 2. The van der Waals surface area contributed by atoms with E-state index in [-0.39, 0.29) is 24.4 Å². The Bertz CT molecular complexity index is 512. The summed E-state index contributed by atoms with van der Waals surface area (Å²) in [6.07, 6.45) is 7.24. The highest BCUT2D eigenvalue weighted by Gasteiger charge is 2.07. The summed E-state index contributed by atoms with van der Waals surface area (Å²) in [5.74, 6) is 0.169. The molecular formula is C18H31ClN4O. The zero-order valence-electron chi connectivity index (χ0n) is 15.0. The van der Waals surface area contributed by atoms with Gasteiger partial charge in [0.15, 0.2) is 5.96 Å². The summed E-state index contributed by atoms with van der Waals surface area (Å²) in [4.78, 5) is 16.1. The largest absolute Gasteiger partial charge is 0.370 e. The summed E-state index contributed by atoms with van der Waals surface area (Å²) in [7, 11) is 0. The number of hydrogen-bond acceptors (Lipinski definition) is 2. The van der Waals surface area contributed by atoms with E-state index in [9.17, 15) is 4.79 Å². The maximum absolute atomic E-state index is 12.0. The molecule has 24 heavy (non-hydrogen) atoms. The third-order valence-electron chi connectivity index (χ3n) is 3.76. The number of nitrogens with one attached hydrogen (secondary N) is 2. The summed E-state index contributed by atoms with van der Waals surface area (Å²) >= 11 is 0. The van der Waals surface area contributed by atoms with Crippen molar-refractivity contribution >= 4 is 30.1 Å². The summed E-state index contributed by atoms with van der Waals surface area (Å²) in [6.45, 7) is 6.78. The Morgan fingerprint density at radius 3 is 2.29 bits per heavy atom. The molecule has 0 aromatic heterocycles. The third kappa shape index (κ3) is 8.77. The molecule has 0 bridgehead atoms. The number of guanidine groups is 1. The maximum Gasteiger partial charge on any atom is 0.326 e. The molecule has 0 radical (unpaired) electrons. The number of nitrogens with two attached hydrogens (primary N) is 1. The number of aliphatic imine (C=N–C) groups is 1. The molecule has 6 heteroatoms. The van der Waals surface area contributed by atoms with Gasteiger partial charge in [-0.25, -0.2) is 4.79 Å². The van der Waals surface area contributed by atoms with Gasteiger partial charge in [-0.15, -0.1) is 12.4 Å².